The third-order valence-corrected chi connectivity index (χ3v) is 25.7. The molecule has 512 valence electrons. The average Bonchev–Trinajstić information content (AvgIpc) is 1.55. The van der Waals surface area contributed by atoms with Crippen LogP contribution >= 0.6 is 0 Å². The molecule has 0 N–H and O–H groups in total. The number of fused-ring (bicyclic) bond motifs is 15. The molecule has 15 rings (SSSR count). The molecule has 0 aromatic heterocycles. The molecule has 0 saturated heterocycles. The van der Waals surface area contributed by atoms with Gasteiger partial charge in [-0.25, -0.2) is 0 Å². The van der Waals surface area contributed by atoms with Gasteiger partial charge in [0, 0.05) is 27.1 Å². The second kappa shape index (κ2) is 25.6. The third kappa shape index (κ3) is 11.3. The van der Waals surface area contributed by atoms with E-state index in [0.717, 1.165) is 12.8 Å². The lowest BCUT2D eigenvalue weighted by molar-refractivity contribution is 0.364. The van der Waals surface area contributed by atoms with Crippen LogP contribution in [0.3, 0.4) is 0 Å². The molecule has 0 unspecified atom stereocenters. The highest BCUT2D eigenvalue weighted by molar-refractivity contribution is 5.93. The number of benzene rings is 10. The van der Waals surface area contributed by atoms with Crippen molar-refractivity contribution in [3.05, 3.63) is 249 Å². The Morgan fingerprint density at radius 1 is 0.210 bits per heavy atom. The topological polar surface area (TPSA) is 0 Å². The van der Waals surface area contributed by atoms with Crippen molar-refractivity contribution in [2.24, 2.45) is 35.5 Å². The van der Waals surface area contributed by atoms with Gasteiger partial charge in [0.1, 0.15) is 0 Å². The van der Waals surface area contributed by atoms with Gasteiger partial charge in [0.05, 0.1) is 0 Å². The lowest BCUT2D eigenvalue weighted by Gasteiger charge is -2.34. The van der Waals surface area contributed by atoms with Gasteiger partial charge in [-0.2, -0.15) is 0 Å². The molecule has 0 heterocycles. The maximum absolute atomic E-state index is 2.65. The highest BCUT2D eigenvalue weighted by Crippen LogP contribution is 2.61. The predicted octanol–water partition coefficient (Wildman–Crippen LogP) is 28.7. The fourth-order valence-electron chi connectivity index (χ4n) is 19.7. The molecule has 0 spiro atoms. The molecule has 0 saturated carbocycles. The first kappa shape index (κ1) is 68.0. The Morgan fingerprint density at radius 3 is 0.650 bits per heavy atom. The second-order valence-corrected chi connectivity index (χ2v) is 35.8. The molecular weight excluding hydrogens is 1200 g/mol. The maximum atomic E-state index is 2.65. The molecular formula is C100H112. The molecule has 0 bridgehead atoms. The van der Waals surface area contributed by atoms with Gasteiger partial charge in [0.15, 0.2) is 0 Å². The molecule has 10 aromatic rings. The van der Waals surface area contributed by atoms with E-state index in [2.05, 4.69) is 306 Å². The predicted molar refractivity (Wildman–Crippen MR) is 431 cm³/mol. The van der Waals surface area contributed by atoms with Crippen LogP contribution in [0.5, 0.6) is 0 Å². The zero-order valence-corrected chi connectivity index (χ0v) is 63.8. The van der Waals surface area contributed by atoms with E-state index in [9.17, 15) is 0 Å². The summed E-state index contributed by atoms with van der Waals surface area (Å²) in [5.74, 6) is 3.80. The molecule has 0 aliphatic heterocycles. The van der Waals surface area contributed by atoms with Gasteiger partial charge in [0.2, 0.25) is 0 Å². The molecule has 0 radical (unpaired) electrons. The van der Waals surface area contributed by atoms with E-state index >= 15 is 0 Å². The summed E-state index contributed by atoms with van der Waals surface area (Å²) < 4.78 is 0. The summed E-state index contributed by atoms with van der Waals surface area (Å²) in [7, 11) is 0. The Morgan fingerprint density at radius 2 is 0.400 bits per heavy atom. The second-order valence-electron chi connectivity index (χ2n) is 35.8. The van der Waals surface area contributed by atoms with Gasteiger partial charge < -0.3 is 0 Å². The summed E-state index contributed by atoms with van der Waals surface area (Å²) in [6, 6.07) is 76.7. The van der Waals surface area contributed by atoms with Crippen LogP contribution in [0, 0.1) is 42.4 Å². The van der Waals surface area contributed by atoms with E-state index in [1.165, 1.54) is 203 Å². The van der Waals surface area contributed by atoms with Gasteiger partial charge in [-0.3, -0.25) is 0 Å². The van der Waals surface area contributed by atoms with E-state index in [4.69, 9.17) is 0 Å². The number of rotatable bonds is 22. The summed E-state index contributed by atoms with van der Waals surface area (Å²) in [4.78, 5) is 0. The van der Waals surface area contributed by atoms with Crippen molar-refractivity contribution in [1.29, 1.82) is 0 Å². The van der Waals surface area contributed by atoms with Crippen molar-refractivity contribution in [2.45, 2.75) is 222 Å². The van der Waals surface area contributed by atoms with Crippen molar-refractivity contribution < 1.29 is 0 Å². The fraction of sp³-hybridized carbons (Fsp3) is 0.400. The first-order valence-corrected chi connectivity index (χ1v) is 39.2. The lowest BCUT2D eigenvalue weighted by atomic mass is 9.69. The first-order chi connectivity index (χ1) is 47.8. The van der Waals surface area contributed by atoms with E-state index < -0.39 is 0 Å². The lowest BCUT2D eigenvalue weighted by Crippen LogP contribution is -2.27. The van der Waals surface area contributed by atoms with E-state index in [0.29, 0.717) is 35.5 Å². The average molecular weight is 1310 g/mol. The number of aryl methyl sites for hydroxylation is 1. The number of hydrogen-bond donors (Lipinski definition) is 0. The molecule has 0 fully saturated rings. The summed E-state index contributed by atoms with van der Waals surface area (Å²) >= 11 is 0. The molecule has 0 amide bonds. The minimum Gasteiger partial charge on any atom is -0.0628 e. The Kier molecular flexibility index (Phi) is 17.4. The zero-order valence-electron chi connectivity index (χ0n) is 63.8. The smallest absolute Gasteiger partial charge is 0.0215 e. The summed E-state index contributed by atoms with van der Waals surface area (Å²) in [5.41, 5.74) is 40.7. The molecule has 0 atom stereocenters. The van der Waals surface area contributed by atoms with Crippen LogP contribution in [0.2, 0.25) is 0 Å². The monoisotopic (exact) mass is 1310 g/mol. The van der Waals surface area contributed by atoms with Gasteiger partial charge in [-0.1, -0.05) is 256 Å². The molecule has 5 aliphatic rings. The SMILES string of the molecule is Cc1ccc2c(c1)C(CCC(C)C)(CCC(C)C)c1cc(-c3ccc4c(c3)C(C)(C)c3cc(-c5ccc6c(c5)C(CCC(C)C)(CCC(C)C)c5cc(-c7ccc8c(c7)C(C)(C)c7cc(-c9ccc%10c(c9)C(CCC(C)C)(CCC(C)C)c9ccccc9-%10)ccc7-8)ccc5-6)ccc3-4)ccc1-2. The fourth-order valence-corrected chi connectivity index (χ4v) is 19.7. The van der Waals surface area contributed by atoms with Crippen LogP contribution in [-0.4, -0.2) is 0 Å². The third-order valence-electron chi connectivity index (χ3n) is 25.7. The van der Waals surface area contributed by atoms with E-state index in [1.807, 2.05) is 0 Å². The molecule has 0 nitrogen and oxygen atoms in total. The van der Waals surface area contributed by atoms with Gasteiger partial charge >= 0.3 is 0 Å². The molecule has 5 aliphatic carbocycles. The van der Waals surface area contributed by atoms with Crippen molar-refractivity contribution in [3.63, 3.8) is 0 Å². The molecule has 0 heteroatoms. The Labute approximate surface area is 603 Å². The van der Waals surface area contributed by atoms with Gasteiger partial charge in [-0.15, -0.1) is 0 Å². The minimum atomic E-state index is -0.177. The Hall–Kier alpha value is -7.80. The zero-order chi connectivity index (χ0) is 70.1. The highest BCUT2D eigenvalue weighted by atomic mass is 14.5. The largest absolute Gasteiger partial charge is 0.0628 e. The first-order valence-electron chi connectivity index (χ1n) is 39.2. The summed E-state index contributed by atoms with van der Waals surface area (Å²) in [6.07, 6.45) is 14.3. The normalized spacial score (nSPS) is 16.1. The van der Waals surface area contributed by atoms with Crippen LogP contribution in [0.25, 0.3) is 100 Å². The molecule has 10 aromatic carbocycles. The summed E-state index contributed by atoms with van der Waals surface area (Å²) in [5, 5.41) is 0. The number of hydrogen-bond acceptors (Lipinski definition) is 0. The maximum Gasteiger partial charge on any atom is 0.0215 e. The highest BCUT2D eigenvalue weighted by Gasteiger charge is 2.47. The van der Waals surface area contributed by atoms with Crippen molar-refractivity contribution >= 4 is 0 Å². The van der Waals surface area contributed by atoms with Gasteiger partial charge in [0.25, 0.3) is 0 Å². The van der Waals surface area contributed by atoms with Crippen molar-refractivity contribution in [1.82, 2.24) is 0 Å². The van der Waals surface area contributed by atoms with Gasteiger partial charge in [-0.05, 0) is 324 Å². The van der Waals surface area contributed by atoms with Crippen LogP contribution in [0.15, 0.2) is 188 Å². The van der Waals surface area contributed by atoms with Crippen LogP contribution in [-0.2, 0) is 27.1 Å². The van der Waals surface area contributed by atoms with Crippen molar-refractivity contribution in [2.75, 3.05) is 0 Å². The Balaban J connectivity index is 0.748. The Bertz CT molecular complexity index is 4790. The summed E-state index contributed by atoms with van der Waals surface area (Å²) in [6.45, 7) is 41.1. The van der Waals surface area contributed by atoms with Crippen LogP contribution in [0.4, 0.5) is 0 Å². The minimum absolute atomic E-state index is 0.0195. The van der Waals surface area contributed by atoms with E-state index in [-0.39, 0.29) is 27.1 Å². The quantitative estimate of drug-likeness (QED) is 0.0634. The van der Waals surface area contributed by atoms with Crippen molar-refractivity contribution in [3.8, 4) is 100 Å². The van der Waals surface area contributed by atoms with E-state index in [1.54, 1.807) is 22.3 Å². The van der Waals surface area contributed by atoms with Crippen LogP contribution < -0.4 is 0 Å². The van der Waals surface area contributed by atoms with Crippen LogP contribution in [0.1, 0.15) is 249 Å². The molecule has 100 heavy (non-hydrogen) atoms. The standard InChI is InChI=1S/C100H112/c1-61(2)40-46-98(47-41-62(3)4)86-21-19-18-20-76(86)82-36-27-72(57-92(82)98)68-23-32-77-79-34-25-70(55-89(79)96(14,15)87(77)53-68)74-29-38-84-85-39-30-75(60-95(85)100(94(84)59-74,50-44-65(9)10)51-45-66(11)12)71-26-35-80-78-33-24-69(54-88(78)97(16,17)90(80)56-71)73-28-37-83-81-31-22-67(13)52-91(81)99(93(83)58-73,48-42-63(5)6)49-43-64(7)8/h18-39,52-66H,40-51H2,1-17H3.